The van der Waals surface area contributed by atoms with Crippen LogP contribution in [-0.2, 0) is 28.5 Å². The summed E-state index contributed by atoms with van der Waals surface area (Å²) in [5.74, 6) is -0.885. The predicted octanol–water partition coefficient (Wildman–Crippen LogP) is 10.1. The summed E-state index contributed by atoms with van der Waals surface area (Å²) in [6.07, 6.45) is 48.0. The summed E-state index contributed by atoms with van der Waals surface area (Å²) in [4.78, 5) is 25.4. The van der Waals surface area contributed by atoms with Crippen LogP contribution >= 0.6 is 0 Å². The maximum absolute atomic E-state index is 12.8. The Hall–Kier alpha value is -3.64. The topological polar surface area (TPSA) is 152 Å². The minimum Gasteiger partial charge on any atom is -0.462 e. The first kappa shape index (κ1) is 55.4. The summed E-state index contributed by atoms with van der Waals surface area (Å²) in [6, 6.07) is 0. The number of hydrogen-bond donors (Lipinski definition) is 4. The summed E-state index contributed by atoms with van der Waals surface area (Å²) in [7, 11) is 0. The molecule has 0 bridgehead atoms. The fourth-order valence-electron chi connectivity index (χ4n) is 6.09. The molecule has 0 radical (unpaired) electrons. The lowest BCUT2D eigenvalue weighted by atomic mass is 9.99. The van der Waals surface area contributed by atoms with Gasteiger partial charge in [0.2, 0.25) is 0 Å². The number of aliphatic hydroxyl groups is 4. The van der Waals surface area contributed by atoms with E-state index in [1.807, 2.05) is 0 Å². The van der Waals surface area contributed by atoms with E-state index in [-0.39, 0.29) is 26.1 Å². The molecule has 1 aliphatic heterocycles. The molecule has 6 atom stereocenters. The lowest BCUT2D eigenvalue weighted by Crippen LogP contribution is -2.59. The van der Waals surface area contributed by atoms with E-state index in [4.69, 9.17) is 18.9 Å². The molecule has 0 spiro atoms. The average Bonchev–Trinajstić information content (AvgIpc) is 3.26. The van der Waals surface area contributed by atoms with Crippen molar-refractivity contribution < 1.29 is 49.0 Å². The van der Waals surface area contributed by atoms with Gasteiger partial charge in [-0.1, -0.05) is 142 Å². The van der Waals surface area contributed by atoms with Gasteiger partial charge in [-0.3, -0.25) is 9.59 Å². The standard InChI is InChI=1S/C51H80O10/c1-3-5-7-9-11-13-15-17-19-21-22-24-26-28-30-32-34-36-38-40-47(54)60-44(43-59-51-50(57)49(56)48(55)45(41-52)61-51)42-58-46(53)39-37-35-33-31-29-27-25-23-20-18-16-14-12-10-8-6-4-2/h5-8,11-14,17-20,22,24-25,27-28,30,44-45,48-52,55-57H,3-4,9-10,15-16,21,23,26,29,31-43H2,1-2H3/b7-5-,8-6-,13-11-,14-12-,19-17-,20-18-,24-22-,27-25-,30-28-. The van der Waals surface area contributed by atoms with Gasteiger partial charge in [-0.15, -0.1) is 0 Å². The van der Waals surface area contributed by atoms with Crippen molar-refractivity contribution in [2.45, 2.75) is 179 Å². The van der Waals surface area contributed by atoms with Crippen LogP contribution in [0.5, 0.6) is 0 Å². The molecule has 6 unspecified atom stereocenters. The number of aliphatic hydroxyl groups excluding tert-OH is 4. The Kier molecular flexibility index (Phi) is 36.7. The van der Waals surface area contributed by atoms with Gasteiger partial charge in [-0.2, -0.15) is 0 Å². The molecular weight excluding hydrogens is 773 g/mol. The van der Waals surface area contributed by atoms with Crippen molar-refractivity contribution in [2.75, 3.05) is 19.8 Å². The van der Waals surface area contributed by atoms with Crippen molar-refractivity contribution in [1.82, 2.24) is 0 Å². The van der Waals surface area contributed by atoms with Crippen molar-refractivity contribution in [3.8, 4) is 0 Å². The molecule has 0 amide bonds. The second-order valence-corrected chi connectivity index (χ2v) is 15.1. The van der Waals surface area contributed by atoms with Gasteiger partial charge in [-0.05, 0) is 96.3 Å². The number of hydrogen-bond acceptors (Lipinski definition) is 10. The smallest absolute Gasteiger partial charge is 0.306 e. The van der Waals surface area contributed by atoms with Crippen molar-refractivity contribution in [3.63, 3.8) is 0 Å². The minimum atomic E-state index is -1.61. The van der Waals surface area contributed by atoms with Gasteiger partial charge in [0.25, 0.3) is 0 Å². The normalized spacial score (nSPS) is 20.8. The second-order valence-electron chi connectivity index (χ2n) is 15.1. The van der Waals surface area contributed by atoms with Gasteiger partial charge >= 0.3 is 11.9 Å². The average molecular weight is 853 g/mol. The summed E-state index contributed by atoms with van der Waals surface area (Å²) in [5.41, 5.74) is 0. The number of esters is 2. The van der Waals surface area contributed by atoms with E-state index in [1.54, 1.807) is 0 Å². The van der Waals surface area contributed by atoms with Crippen LogP contribution < -0.4 is 0 Å². The highest BCUT2D eigenvalue weighted by atomic mass is 16.7. The largest absolute Gasteiger partial charge is 0.462 e. The molecule has 10 heteroatoms. The molecular formula is C51H80O10. The monoisotopic (exact) mass is 853 g/mol. The summed E-state index contributed by atoms with van der Waals surface area (Å²) in [5, 5.41) is 40.1. The van der Waals surface area contributed by atoms with Crippen LogP contribution in [-0.4, -0.2) is 89.0 Å². The molecule has 344 valence electrons. The first-order valence-corrected chi connectivity index (χ1v) is 23.0. The van der Waals surface area contributed by atoms with E-state index in [9.17, 15) is 30.0 Å². The number of ether oxygens (including phenoxy) is 4. The Morgan fingerprint density at radius 1 is 0.508 bits per heavy atom. The highest BCUT2D eigenvalue weighted by Crippen LogP contribution is 2.22. The molecule has 1 saturated heterocycles. The van der Waals surface area contributed by atoms with Crippen LogP contribution in [0.15, 0.2) is 109 Å². The Labute approximate surface area is 368 Å². The molecule has 1 fully saturated rings. The van der Waals surface area contributed by atoms with Crippen LogP contribution in [0.25, 0.3) is 0 Å². The van der Waals surface area contributed by atoms with E-state index in [0.717, 1.165) is 103 Å². The van der Waals surface area contributed by atoms with Gasteiger partial charge in [0.15, 0.2) is 12.4 Å². The van der Waals surface area contributed by atoms with Gasteiger partial charge < -0.3 is 39.4 Å². The van der Waals surface area contributed by atoms with Crippen LogP contribution in [0.1, 0.15) is 142 Å². The van der Waals surface area contributed by atoms with Crippen molar-refractivity contribution in [1.29, 1.82) is 0 Å². The van der Waals surface area contributed by atoms with Gasteiger partial charge in [0.05, 0.1) is 13.2 Å². The van der Waals surface area contributed by atoms with Crippen molar-refractivity contribution in [2.24, 2.45) is 0 Å². The molecule has 10 nitrogen and oxygen atoms in total. The number of allylic oxidation sites excluding steroid dienone is 18. The molecule has 1 heterocycles. The fourth-order valence-corrected chi connectivity index (χ4v) is 6.09. The third kappa shape index (κ3) is 31.8. The first-order chi connectivity index (χ1) is 29.8. The van der Waals surface area contributed by atoms with Gasteiger partial charge in [0.1, 0.15) is 31.0 Å². The van der Waals surface area contributed by atoms with Crippen molar-refractivity contribution in [3.05, 3.63) is 109 Å². The molecule has 0 aromatic heterocycles. The Bertz CT molecular complexity index is 1350. The van der Waals surface area contributed by atoms with Crippen LogP contribution in [0.2, 0.25) is 0 Å². The SMILES string of the molecule is CC/C=C\C/C=C\C/C=C\C/C=C\C/C=C\CCCCCC(=O)OC(COC(=O)CCCCCC/C=C\C/C=C\C/C=C\C/C=C\CC)COC1OC(CO)C(O)C(O)C1O. The van der Waals surface area contributed by atoms with Crippen molar-refractivity contribution >= 4 is 11.9 Å². The van der Waals surface area contributed by atoms with E-state index >= 15 is 0 Å². The maximum atomic E-state index is 12.8. The third-order valence-electron chi connectivity index (χ3n) is 9.65. The molecule has 61 heavy (non-hydrogen) atoms. The van der Waals surface area contributed by atoms with Crippen LogP contribution in [0, 0.1) is 0 Å². The molecule has 0 saturated carbocycles. The van der Waals surface area contributed by atoms with E-state index in [2.05, 4.69) is 123 Å². The van der Waals surface area contributed by atoms with Gasteiger partial charge in [-0.25, -0.2) is 0 Å². The lowest BCUT2D eigenvalue weighted by Gasteiger charge is -2.39. The minimum absolute atomic E-state index is 0.178. The number of carbonyl (C=O) groups is 2. The zero-order valence-electron chi connectivity index (χ0n) is 37.4. The van der Waals surface area contributed by atoms with Crippen LogP contribution in [0.3, 0.4) is 0 Å². The second kappa shape index (κ2) is 40.4. The zero-order valence-corrected chi connectivity index (χ0v) is 37.4. The molecule has 0 aromatic rings. The van der Waals surface area contributed by atoms with E-state index < -0.39 is 55.4 Å². The summed E-state index contributed by atoms with van der Waals surface area (Å²) < 4.78 is 22.1. The summed E-state index contributed by atoms with van der Waals surface area (Å²) >= 11 is 0. The Morgan fingerprint density at radius 2 is 0.918 bits per heavy atom. The molecule has 1 rings (SSSR count). The number of rotatable bonds is 36. The highest BCUT2D eigenvalue weighted by Gasteiger charge is 2.44. The quantitative estimate of drug-likeness (QED) is 0.0272. The molecule has 0 aromatic carbocycles. The van der Waals surface area contributed by atoms with Crippen LogP contribution in [0.4, 0.5) is 0 Å². The number of unbranched alkanes of at least 4 members (excludes halogenated alkanes) is 7. The predicted molar refractivity (Wildman–Crippen MR) is 247 cm³/mol. The lowest BCUT2D eigenvalue weighted by molar-refractivity contribution is -0.305. The molecule has 1 aliphatic rings. The molecule has 0 aliphatic carbocycles. The van der Waals surface area contributed by atoms with Gasteiger partial charge in [0, 0.05) is 12.8 Å². The molecule has 4 N–H and O–H groups in total. The highest BCUT2D eigenvalue weighted by molar-refractivity contribution is 5.70. The zero-order chi connectivity index (χ0) is 44.4. The third-order valence-corrected chi connectivity index (χ3v) is 9.65. The van der Waals surface area contributed by atoms with E-state index in [0.29, 0.717) is 12.8 Å². The fraction of sp³-hybridized carbons (Fsp3) is 0.608. The Morgan fingerprint density at radius 3 is 1.38 bits per heavy atom. The summed E-state index contributed by atoms with van der Waals surface area (Å²) in [6.45, 7) is 3.11. The number of carbonyl (C=O) groups excluding carboxylic acids is 2. The Balaban J connectivity index is 2.38. The van der Waals surface area contributed by atoms with E-state index in [1.165, 1.54) is 0 Å². The first-order valence-electron chi connectivity index (χ1n) is 23.0. The maximum Gasteiger partial charge on any atom is 0.306 e.